The van der Waals surface area contributed by atoms with Crippen LogP contribution in [0.3, 0.4) is 0 Å². The molecular formula is C13H15N3O2S3. The van der Waals surface area contributed by atoms with Crippen LogP contribution in [0, 0.1) is 13.8 Å². The van der Waals surface area contributed by atoms with Gasteiger partial charge in [-0.1, -0.05) is 18.3 Å². The van der Waals surface area contributed by atoms with Crippen molar-refractivity contribution in [1.29, 1.82) is 0 Å². The molecule has 0 fully saturated rings. The highest BCUT2D eigenvalue weighted by Gasteiger charge is 2.16. The maximum atomic E-state index is 12.3. The van der Waals surface area contributed by atoms with E-state index in [1.807, 2.05) is 6.92 Å². The molecule has 1 aromatic carbocycles. The lowest BCUT2D eigenvalue weighted by molar-refractivity contribution is 0.581. The summed E-state index contributed by atoms with van der Waals surface area (Å²) >= 11 is 6.37. The van der Waals surface area contributed by atoms with Crippen LogP contribution in [-0.2, 0) is 16.6 Å². The third-order valence-corrected chi connectivity index (χ3v) is 5.41. The summed E-state index contributed by atoms with van der Waals surface area (Å²) in [6.45, 7) is 3.88. The number of hydrogen-bond donors (Lipinski definition) is 2. The monoisotopic (exact) mass is 341 g/mol. The van der Waals surface area contributed by atoms with E-state index in [4.69, 9.17) is 18.0 Å². The van der Waals surface area contributed by atoms with Crippen LogP contribution in [0.5, 0.6) is 0 Å². The van der Waals surface area contributed by atoms with Crippen molar-refractivity contribution in [1.82, 2.24) is 9.71 Å². The zero-order valence-corrected chi connectivity index (χ0v) is 14.0. The first kappa shape index (κ1) is 16.0. The lowest BCUT2D eigenvalue weighted by atomic mass is 10.1. The van der Waals surface area contributed by atoms with Crippen molar-refractivity contribution in [3.8, 4) is 0 Å². The van der Waals surface area contributed by atoms with Crippen LogP contribution < -0.4 is 10.5 Å². The molecule has 0 unspecified atom stereocenters. The number of nitrogens with zero attached hydrogens (tertiary/aromatic N) is 1. The van der Waals surface area contributed by atoms with Gasteiger partial charge >= 0.3 is 0 Å². The summed E-state index contributed by atoms with van der Waals surface area (Å²) < 4.78 is 27.1. The first-order valence-corrected chi connectivity index (χ1v) is 8.82. The molecule has 8 heteroatoms. The van der Waals surface area contributed by atoms with Gasteiger partial charge in [0.25, 0.3) is 0 Å². The van der Waals surface area contributed by atoms with Crippen LogP contribution in [0.2, 0.25) is 0 Å². The van der Waals surface area contributed by atoms with Gasteiger partial charge in [-0.05, 0) is 31.5 Å². The van der Waals surface area contributed by atoms with Gasteiger partial charge in [-0.15, -0.1) is 11.3 Å². The molecule has 0 saturated carbocycles. The van der Waals surface area contributed by atoms with Gasteiger partial charge in [-0.25, -0.2) is 18.1 Å². The molecule has 0 saturated heterocycles. The predicted molar refractivity (Wildman–Crippen MR) is 87.9 cm³/mol. The topological polar surface area (TPSA) is 85.1 Å². The Morgan fingerprint density at radius 2 is 2.14 bits per heavy atom. The minimum atomic E-state index is -3.57. The highest BCUT2D eigenvalue weighted by atomic mass is 32.2. The maximum Gasteiger partial charge on any atom is 0.240 e. The fourth-order valence-electron chi connectivity index (χ4n) is 1.82. The highest BCUT2D eigenvalue weighted by Crippen LogP contribution is 2.17. The van der Waals surface area contributed by atoms with E-state index in [0.717, 1.165) is 15.4 Å². The zero-order valence-electron chi connectivity index (χ0n) is 11.6. The molecule has 0 amide bonds. The molecule has 0 aliphatic carbocycles. The third-order valence-electron chi connectivity index (χ3n) is 2.88. The summed E-state index contributed by atoms with van der Waals surface area (Å²) in [4.78, 5) is 5.41. The Morgan fingerprint density at radius 3 is 2.67 bits per heavy atom. The van der Waals surface area contributed by atoms with Crippen molar-refractivity contribution in [2.45, 2.75) is 25.3 Å². The van der Waals surface area contributed by atoms with Gasteiger partial charge in [0.2, 0.25) is 10.0 Å². The number of hydrogen-bond acceptors (Lipinski definition) is 5. The molecule has 0 bridgehead atoms. The fraction of sp³-hybridized carbons (Fsp3) is 0.231. The van der Waals surface area contributed by atoms with Gasteiger partial charge in [0.05, 0.1) is 9.90 Å². The van der Waals surface area contributed by atoms with Gasteiger partial charge in [-0.2, -0.15) is 0 Å². The third kappa shape index (κ3) is 3.85. The second-order valence-corrected chi connectivity index (χ2v) is 8.04. The summed E-state index contributed by atoms with van der Waals surface area (Å²) in [6.07, 6.45) is 1.67. The van der Waals surface area contributed by atoms with E-state index < -0.39 is 10.0 Å². The molecule has 2 rings (SSSR count). The predicted octanol–water partition coefficient (Wildman–Crippen LogP) is 1.87. The minimum Gasteiger partial charge on any atom is -0.389 e. The highest BCUT2D eigenvalue weighted by molar-refractivity contribution is 7.89. The Bertz CT molecular complexity index is 782. The number of benzene rings is 1. The average Bonchev–Trinajstić information content (AvgIpc) is 2.82. The standard InChI is InChI=1S/C13H15N3O2S3/c1-8-5-11(3-4-12(8)13(14)19)21(17,18)16-7-10-6-15-9(2)20-10/h3-6,16H,7H2,1-2H3,(H2,14,19). The summed E-state index contributed by atoms with van der Waals surface area (Å²) in [6, 6.07) is 4.69. The molecule has 0 aliphatic rings. The van der Waals surface area contributed by atoms with E-state index in [1.54, 1.807) is 25.3 Å². The lowest BCUT2D eigenvalue weighted by Crippen LogP contribution is -2.23. The SMILES string of the molecule is Cc1ncc(CNS(=O)(=O)c2ccc(C(N)=S)c(C)c2)s1. The van der Waals surface area contributed by atoms with Crippen LogP contribution in [0.15, 0.2) is 29.3 Å². The molecule has 1 aromatic heterocycles. The Kier molecular flexibility index (Phi) is 4.72. The number of thiocarbonyl (C=S) groups is 1. The average molecular weight is 341 g/mol. The van der Waals surface area contributed by atoms with Gasteiger partial charge in [0.15, 0.2) is 0 Å². The second-order valence-electron chi connectivity index (χ2n) is 4.51. The van der Waals surface area contributed by atoms with E-state index >= 15 is 0 Å². The van der Waals surface area contributed by atoms with E-state index in [2.05, 4.69) is 9.71 Å². The second kappa shape index (κ2) is 6.18. The fourth-order valence-corrected chi connectivity index (χ4v) is 3.96. The van der Waals surface area contributed by atoms with E-state index in [1.165, 1.54) is 17.4 Å². The van der Waals surface area contributed by atoms with Gasteiger partial charge in [0.1, 0.15) is 4.99 Å². The van der Waals surface area contributed by atoms with Crippen LogP contribution in [0.25, 0.3) is 0 Å². The molecule has 0 aliphatic heterocycles. The van der Waals surface area contributed by atoms with Crippen LogP contribution >= 0.6 is 23.6 Å². The van der Waals surface area contributed by atoms with Gasteiger partial charge in [-0.3, -0.25) is 0 Å². The number of aryl methyl sites for hydroxylation is 2. The van der Waals surface area contributed by atoms with Crippen molar-refractivity contribution in [2.75, 3.05) is 0 Å². The first-order chi connectivity index (χ1) is 9.79. The first-order valence-electron chi connectivity index (χ1n) is 6.11. The zero-order chi connectivity index (χ0) is 15.6. The summed E-state index contributed by atoms with van der Waals surface area (Å²) in [5, 5.41) is 0.904. The smallest absolute Gasteiger partial charge is 0.240 e. The largest absolute Gasteiger partial charge is 0.389 e. The molecule has 2 aromatic rings. The van der Waals surface area contributed by atoms with E-state index in [9.17, 15) is 8.42 Å². The van der Waals surface area contributed by atoms with E-state index in [0.29, 0.717) is 5.56 Å². The molecule has 21 heavy (non-hydrogen) atoms. The van der Waals surface area contributed by atoms with Crippen LogP contribution in [0.1, 0.15) is 21.0 Å². The lowest BCUT2D eigenvalue weighted by Gasteiger charge is -2.09. The van der Waals surface area contributed by atoms with E-state index in [-0.39, 0.29) is 16.4 Å². The molecule has 0 spiro atoms. The number of nitrogens with one attached hydrogen (secondary N) is 1. The van der Waals surface area contributed by atoms with Crippen molar-refractivity contribution < 1.29 is 8.42 Å². The van der Waals surface area contributed by atoms with Crippen molar-refractivity contribution in [2.24, 2.45) is 5.73 Å². The van der Waals surface area contributed by atoms with Gasteiger partial charge < -0.3 is 5.73 Å². The Balaban J connectivity index is 2.19. The van der Waals surface area contributed by atoms with Crippen LogP contribution in [-0.4, -0.2) is 18.4 Å². The van der Waals surface area contributed by atoms with Crippen molar-refractivity contribution in [3.05, 3.63) is 45.4 Å². The molecule has 3 N–H and O–H groups in total. The normalized spacial score (nSPS) is 11.5. The molecular weight excluding hydrogens is 326 g/mol. The summed E-state index contributed by atoms with van der Waals surface area (Å²) in [7, 11) is -3.57. The van der Waals surface area contributed by atoms with Crippen LogP contribution in [0.4, 0.5) is 0 Å². The number of rotatable bonds is 5. The van der Waals surface area contributed by atoms with Crippen molar-refractivity contribution >= 4 is 38.6 Å². The minimum absolute atomic E-state index is 0.196. The number of thiazole rings is 1. The van der Waals surface area contributed by atoms with Crippen molar-refractivity contribution in [3.63, 3.8) is 0 Å². The summed E-state index contributed by atoms with van der Waals surface area (Å²) in [5.74, 6) is 0. The number of nitrogens with two attached hydrogens (primary N) is 1. The quantitative estimate of drug-likeness (QED) is 0.811. The Labute approximate surface area is 133 Å². The maximum absolute atomic E-state index is 12.3. The summed E-state index contributed by atoms with van der Waals surface area (Å²) in [5.41, 5.74) is 6.99. The Morgan fingerprint density at radius 1 is 1.43 bits per heavy atom. The van der Waals surface area contributed by atoms with Gasteiger partial charge in [0, 0.05) is 23.2 Å². The molecule has 0 atom stereocenters. The number of sulfonamides is 1. The molecule has 1 heterocycles. The number of aromatic nitrogens is 1. The Hall–Kier alpha value is -1.35. The molecule has 112 valence electrons. The molecule has 5 nitrogen and oxygen atoms in total. The molecule has 0 radical (unpaired) electrons.